The van der Waals surface area contributed by atoms with Crippen molar-refractivity contribution in [3.05, 3.63) is 163 Å². The third-order valence-corrected chi connectivity index (χ3v) is 10.2. The van der Waals surface area contributed by atoms with Gasteiger partial charge < -0.3 is 9.88 Å². The van der Waals surface area contributed by atoms with Crippen LogP contribution in [0.2, 0.25) is 0 Å². The van der Waals surface area contributed by atoms with Crippen LogP contribution in [0.25, 0.3) is 82.8 Å². The average molecular weight is 613 g/mol. The lowest BCUT2D eigenvalue weighted by Crippen LogP contribution is -2.13. The van der Waals surface area contributed by atoms with Gasteiger partial charge in [-0.25, -0.2) is 4.98 Å². The standard InChI is InChI=1S/C44H28N4/c1-3-22-39-33(16-1)35-18-8-20-37-41(35)47(39)43(45-37)31-14-6-12-29(25-31)27-10-5-11-28(24-27)30-13-7-15-32(26-30)44-46-38-21-9-19-36-34-17-2-4-23-40(34)48(44)42(36)38/h1-26,43,45H. The number of hydrogen-bond acceptors (Lipinski definition) is 2. The molecule has 3 aromatic heterocycles. The molecule has 48 heavy (non-hydrogen) atoms. The largest absolute Gasteiger partial charge is 0.359 e. The van der Waals surface area contributed by atoms with Crippen LogP contribution in [0.15, 0.2) is 158 Å². The molecule has 0 aliphatic carbocycles. The van der Waals surface area contributed by atoms with E-state index in [9.17, 15) is 0 Å². The molecule has 0 fully saturated rings. The van der Waals surface area contributed by atoms with E-state index in [2.05, 4.69) is 172 Å². The summed E-state index contributed by atoms with van der Waals surface area (Å²) < 4.78 is 4.80. The minimum absolute atomic E-state index is 0.0251. The number of hydrogen-bond donors (Lipinski definition) is 1. The van der Waals surface area contributed by atoms with Crippen LogP contribution in [0.5, 0.6) is 0 Å². The van der Waals surface area contributed by atoms with Crippen LogP contribution in [0.4, 0.5) is 5.69 Å². The Bertz CT molecular complexity index is 2890. The van der Waals surface area contributed by atoms with E-state index in [-0.39, 0.29) is 6.17 Å². The normalized spacial score (nSPS) is 14.2. The lowest BCUT2D eigenvalue weighted by atomic mass is 9.96. The molecule has 1 unspecified atom stereocenters. The monoisotopic (exact) mass is 612 g/mol. The molecule has 0 radical (unpaired) electrons. The van der Waals surface area contributed by atoms with Gasteiger partial charge in [-0.15, -0.1) is 0 Å². The molecule has 11 rings (SSSR count). The first kappa shape index (κ1) is 25.8. The zero-order valence-electron chi connectivity index (χ0n) is 25.9. The molecule has 4 heterocycles. The number of imidazole rings is 1. The molecule has 0 spiro atoms. The molecule has 0 saturated heterocycles. The van der Waals surface area contributed by atoms with E-state index in [1.165, 1.54) is 77.1 Å². The van der Waals surface area contributed by atoms with E-state index in [1.54, 1.807) is 0 Å². The molecule has 224 valence electrons. The zero-order valence-corrected chi connectivity index (χ0v) is 25.9. The van der Waals surface area contributed by atoms with Gasteiger partial charge >= 0.3 is 0 Å². The fourth-order valence-electron chi connectivity index (χ4n) is 8.15. The van der Waals surface area contributed by atoms with Crippen molar-refractivity contribution in [1.29, 1.82) is 0 Å². The summed E-state index contributed by atoms with van der Waals surface area (Å²) in [5, 5.41) is 8.93. The molecule has 0 bridgehead atoms. The maximum absolute atomic E-state index is 5.14. The van der Waals surface area contributed by atoms with Gasteiger partial charge in [-0.1, -0.05) is 115 Å². The number of aromatic nitrogens is 3. The zero-order chi connectivity index (χ0) is 31.3. The Morgan fingerprint density at radius 1 is 0.458 bits per heavy atom. The Morgan fingerprint density at radius 3 is 1.81 bits per heavy atom. The SMILES string of the molecule is c1cc(-c2cccc(-c3nc4cccc5c6ccccc6n3c45)c2)cc(-c2cccc(C3Nc4cccc5c6ccccc6n3c45)c2)c1. The highest BCUT2D eigenvalue weighted by Crippen LogP contribution is 2.44. The first-order chi connectivity index (χ1) is 23.8. The second-order valence-electron chi connectivity index (χ2n) is 12.9. The summed E-state index contributed by atoms with van der Waals surface area (Å²) in [5.74, 6) is 0.977. The minimum Gasteiger partial charge on any atom is -0.359 e. The maximum atomic E-state index is 5.14. The van der Waals surface area contributed by atoms with Crippen LogP contribution in [0.3, 0.4) is 0 Å². The van der Waals surface area contributed by atoms with Crippen LogP contribution >= 0.6 is 0 Å². The van der Waals surface area contributed by atoms with Crippen LogP contribution in [0, 0.1) is 0 Å². The van der Waals surface area contributed by atoms with Crippen molar-refractivity contribution in [2.75, 3.05) is 5.32 Å². The molecule has 7 aromatic carbocycles. The van der Waals surface area contributed by atoms with Crippen LogP contribution in [-0.2, 0) is 0 Å². The Morgan fingerprint density at radius 2 is 1.02 bits per heavy atom. The van der Waals surface area contributed by atoms with Crippen LogP contribution < -0.4 is 5.32 Å². The van der Waals surface area contributed by atoms with Crippen molar-refractivity contribution in [3.63, 3.8) is 0 Å². The minimum atomic E-state index is 0.0251. The summed E-state index contributed by atoms with van der Waals surface area (Å²) in [7, 11) is 0. The predicted molar refractivity (Wildman–Crippen MR) is 199 cm³/mol. The fraction of sp³-hybridized carbons (Fsp3) is 0.0227. The molecular weight excluding hydrogens is 585 g/mol. The molecule has 1 aliphatic heterocycles. The van der Waals surface area contributed by atoms with Gasteiger partial charge in [0, 0.05) is 27.1 Å². The molecule has 1 atom stereocenters. The highest BCUT2D eigenvalue weighted by atomic mass is 15.2. The number of nitrogens with zero attached hydrogens (tertiary/aromatic N) is 3. The quantitative estimate of drug-likeness (QED) is 0.215. The topological polar surface area (TPSA) is 34.3 Å². The summed E-state index contributed by atoms with van der Waals surface area (Å²) in [5.41, 5.74) is 14.2. The van der Waals surface area contributed by atoms with Gasteiger partial charge in [0.1, 0.15) is 12.0 Å². The molecule has 4 nitrogen and oxygen atoms in total. The summed E-state index contributed by atoms with van der Waals surface area (Å²) >= 11 is 0. The van der Waals surface area contributed by atoms with Crippen molar-refractivity contribution in [2.24, 2.45) is 0 Å². The van der Waals surface area contributed by atoms with Gasteiger partial charge in [-0.05, 0) is 70.3 Å². The van der Waals surface area contributed by atoms with Crippen molar-refractivity contribution in [2.45, 2.75) is 6.17 Å². The third kappa shape index (κ3) is 3.52. The average Bonchev–Trinajstić information content (AvgIpc) is 3.92. The Hall–Kier alpha value is -6.39. The van der Waals surface area contributed by atoms with Gasteiger partial charge in [-0.2, -0.15) is 0 Å². The Labute approximate surface area is 276 Å². The van der Waals surface area contributed by atoms with Gasteiger partial charge in [0.2, 0.25) is 0 Å². The smallest absolute Gasteiger partial charge is 0.145 e. The molecule has 4 heteroatoms. The van der Waals surface area contributed by atoms with Gasteiger partial charge in [0.05, 0.1) is 33.3 Å². The number of fused-ring (bicyclic) bond motifs is 6. The molecular formula is C44H28N4. The van der Waals surface area contributed by atoms with Crippen molar-refractivity contribution < 1.29 is 0 Å². The van der Waals surface area contributed by atoms with Gasteiger partial charge in [0.15, 0.2) is 0 Å². The van der Waals surface area contributed by atoms with Crippen LogP contribution in [0.1, 0.15) is 11.7 Å². The van der Waals surface area contributed by atoms with Crippen molar-refractivity contribution >= 4 is 54.8 Å². The van der Waals surface area contributed by atoms with Crippen molar-refractivity contribution in [1.82, 2.24) is 14.0 Å². The first-order valence-corrected chi connectivity index (χ1v) is 16.5. The second kappa shape index (κ2) is 9.57. The molecule has 1 N–H and O–H groups in total. The molecule has 0 amide bonds. The van der Waals surface area contributed by atoms with Crippen molar-refractivity contribution in [3.8, 4) is 33.6 Å². The lowest BCUT2D eigenvalue weighted by molar-refractivity contribution is 0.728. The number of anilines is 1. The molecule has 10 aromatic rings. The summed E-state index contributed by atoms with van der Waals surface area (Å²) in [6, 6.07) is 57.1. The fourth-order valence-corrected chi connectivity index (χ4v) is 8.15. The molecule has 0 saturated carbocycles. The highest BCUT2D eigenvalue weighted by Gasteiger charge is 2.28. The number of rotatable bonds is 4. The summed E-state index contributed by atoms with van der Waals surface area (Å²) in [6.07, 6.45) is 0.0251. The van der Waals surface area contributed by atoms with E-state index in [4.69, 9.17) is 4.98 Å². The van der Waals surface area contributed by atoms with Crippen LogP contribution in [-0.4, -0.2) is 14.0 Å². The van der Waals surface area contributed by atoms with E-state index in [0.29, 0.717) is 0 Å². The maximum Gasteiger partial charge on any atom is 0.145 e. The second-order valence-corrected chi connectivity index (χ2v) is 12.9. The summed E-state index contributed by atoms with van der Waals surface area (Å²) in [4.78, 5) is 5.14. The van der Waals surface area contributed by atoms with E-state index < -0.39 is 0 Å². The number of para-hydroxylation sites is 4. The first-order valence-electron chi connectivity index (χ1n) is 16.5. The number of benzene rings is 7. The third-order valence-electron chi connectivity index (χ3n) is 10.2. The van der Waals surface area contributed by atoms with E-state index in [1.807, 2.05) is 0 Å². The van der Waals surface area contributed by atoms with E-state index in [0.717, 1.165) is 16.9 Å². The lowest BCUT2D eigenvalue weighted by Gasteiger charge is -2.18. The highest BCUT2D eigenvalue weighted by molar-refractivity contribution is 6.15. The van der Waals surface area contributed by atoms with E-state index >= 15 is 0 Å². The molecule has 1 aliphatic rings. The summed E-state index contributed by atoms with van der Waals surface area (Å²) in [6.45, 7) is 0. The predicted octanol–water partition coefficient (Wildman–Crippen LogP) is 11.2. The number of nitrogens with one attached hydrogen (secondary N) is 1. The van der Waals surface area contributed by atoms with Gasteiger partial charge in [0.25, 0.3) is 0 Å². The Kier molecular flexibility index (Phi) is 5.13. The van der Waals surface area contributed by atoms with Gasteiger partial charge in [-0.3, -0.25) is 4.40 Å². The Balaban J connectivity index is 0.994.